The van der Waals surface area contributed by atoms with Crippen LogP contribution >= 0.6 is 0 Å². The standard InChI is InChI=1S/C31H41FN2O5/c1-22-8-10-23(11-9-22)21-38-26-13-12-24(20-25(26)32)27(31(37)14-6-5-7-15-31)28(35)33-16-18-34(19-17-33)29(36)39-30(2,3)4/h8-13,20,27,37H,5-7,14-19,21H2,1-4H3. The molecule has 1 unspecified atom stereocenters. The normalized spacial score (nSPS) is 18.4. The van der Waals surface area contributed by atoms with E-state index in [9.17, 15) is 14.7 Å². The van der Waals surface area contributed by atoms with Crippen LogP contribution in [0.5, 0.6) is 5.75 Å². The second-order valence-electron chi connectivity index (χ2n) is 11.9. The minimum absolute atomic E-state index is 0.104. The molecule has 1 N–H and O–H groups in total. The van der Waals surface area contributed by atoms with E-state index in [4.69, 9.17) is 9.47 Å². The van der Waals surface area contributed by atoms with Gasteiger partial charge >= 0.3 is 6.09 Å². The highest BCUT2D eigenvalue weighted by Gasteiger charge is 2.45. The van der Waals surface area contributed by atoms with Crippen LogP contribution in [0.3, 0.4) is 0 Å². The Morgan fingerprint density at radius 2 is 1.59 bits per heavy atom. The lowest BCUT2D eigenvalue weighted by molar-refractivity contribution is -0.143. The molecule has 2 amide bonds. The first-order valence-corrected chi connectivity index (χ1v) is 13.9. The number of amides is 2. The van der Waals surface area contributed by atoms with Gasteiger partial charge in [0.15, 0.2) is 11.6 Å². The molecular formula is C31H41FN2O5. The van der Waals surface area contributed by atoms with Crippen LogP contribution in [0.4, 0.5) is 9.18 Å². The summed E-state index contributed by atoms with van der Waals surface area (Å²) >= 11 is 0. The van der Waals surface area contributed by atoms with Crippen LogP contribution < -0.4 is 4.74 Å². The van der Waals surface area contributed by atoms with Crippen LogP contribution in [-0.2, 0) is 16.1 Å². The van der Waals surface area contributed by atoms with Gasteiger partial charge in [-0.15, -0.1) is 0 Å². The summed E-state index contributed by atoms with van der Waals surface area (Å²) in [6.45, 7) is 9.01. The third-order valence-corrected chi connectivity index (χ3v) is 7.55. The Balaban J connectivity index is 1.50. The Morgan fingerprint density at radius 3 is 2.18 bits per heavy atom. The molecule has 1 saturated carbocycles. The molecule has 8 heteroatoms. The number of benzene rings is 2. The van der Waals surface area contributed by atoms with Crippen molar-refractivity contribution in [1.82, 2.24) is 9.80 Å². The van der Waals surface area contributed by atoms with E-state index in [-0.39, 0.29) is 18.3 Å². The second-order valence-corrected chi connectivity index (χ2v) is 11.9. The number of hydrogen-bond acceptors (Lipinski definition) is 5. The zero-order valence-corrected chi connectivity index (χ0v) is 23.5. The quantitative estimate of drug-likeness (QED) is 0.518. The fraction of sp³-hybridized carbons (Fsp3) is 0.548. The van der Waals surface area contributed by atoms with Crippen LogP contribution in [0.1, 0.15) is 75.5 Å². The smallest absolute Gasteiger partial charge is 0.410 e. The molecule has 1 aliphatic heterocycles. The lowest BCUT2D eigenvalue weighted by Gasteiger charge is -2.43. The molecule has 0 spiro atoms. The fourth-order valence-corrected chi connectivity index (χ4v) is 5.41. The average molecular weight is 541 g/mol. The van der Waals surface area contributed by atoms with Gasteiger partial charge in [-0.1, -0.05) is 55.2 Å². The summed E-state index contributed by atoms with van der Waals surface area (Å²) in [5.41, 5.74) is 0.656. The van der Waals surface area contributed by atoms with E-state index in [2.05, 4.69) is 0 Å². The molecule has 7 nitrogen and oxygen atoms in total. The zero-order chi connectivity index (χ0) is 28.2. The van der Waals surface area contributed by atoms with Gasteiger partial charge in [0.05, 0.1) is 11.5 Å². The van der Waals surface area contributed by atoms with E-state index >= 15 is 4.39 Å². The lowest BCUT2D eigenvalue weighted by atomic mass is 9.72. The molecule has 2 aromatic rings. The van der Waals surface area contributed by atoms with E-state index < -0.39 is 29.0 Å². The molecule has 4 rings (SSSR count). The largest absolute Gasteiger partial charge is 0.486 e. The SMILES string of the molecule is Cc1ccc(COc2ccc(C(C(=O)N3CCN(C(=O)OC(C)(C)C)CC3)C3(O)CCCCC3)cc2F)cc1. The first-order valence-electron chi connectivity index (χ1n) is 13.9. The number of rotatable bonds is 6. The number of aliphatic hydroxyl groups is 1. The van der Waals surface area contributed by atoms with E-state index in [1.807, 2.05) is 52.0 Å². The van der Waals surface area contributed by atoms with E-state index in [1.54, 1.807) is 21.9 Å². The first kappa shape index (κ1) is 28.9. The van der Waals surface area contributed by atoms with Crippen molar-refractivity contribution in [1.29, 1.82) is 0 Å². The molecule has 1 saturated heterocycles. The molecule has 2 aromatic carbocycles. The Hall–Kier alpha value is -3.13. The van der Waals surface area contributed by atoms with Gasteiger partial charge in [-0.05, 0) is 63.8 Å². The summed E-state index contributed by atoms with van der Waals surface area (Å²) < 4.78 is 26.5. The van der Waals surface area contributed by atoms with Crippen molar-refractivity contribution in [3.8, 4) is 5.75 Å². The number of aryl methyl sites for hydroxylation is 1. The molecule has 212 valence electrons. The van der Waals surface area contributed by atoms with Crippen LogP contribution in [0, 0.1) is 12.7 Å². The summed E-state index contributed by atoms with van der Waals surface area (Å²) in [5, 5.41) is 11.7. The van der Waals surface area contributed by atoms with E-state index in [0.717, 1.165) is 30.4 Å². The maximum absolute atomic E-state index is 15.3. The molecule has 1 atom stereocenters. The fourth-order valence-electron chi connectivity index (χ4n) is 5.41. The van der Waals surface area contributed by atoms with Crippen LogP contribution in [0.15, 0.2) is 42.5 Å². The van der Waals surface area contributed by atoms with Gasteiger partial charge in [0.2, 0.25) is 5.91 Å². The summed E-state index contributed by atoms with van der Waals surface area (Å²) in [6.07, 6.45) is 3.18. The van der Waals surface area contributed by atoms with Crippen LogP contribution in [0.2, 0.25) is 0 Å². The molecule has 0 aromatic heterocycles. The molecule has 1 heterocycles. The number of carbonyl (C=O) groups excluding carboxylic acids is 2. The van der Waals surface area contributed by atoms with Crippen molar-refractivity contribution in [2.45, 2.75) is 83.5 Å². The molecule has 2 fully saturated rings. The Bertz CT molecular complexity index is 1150. The van der Waals surface area contributed by atoms with Gasteiger partial charge in [-0.2, -0.15) is 0 Å². The second kappa shape index (κ2) is 11.9. The maximum Gasteiger partial charge on any atom is 0.410 e. The van der Waals surface area contributed by atoms with Crippen molar-refractivity contribution in [3.05, 3.63) is 65.0 Å². The molecule has 0 radical (unpaired) electrons. The predicted molar refractivity (Wildman–Crippen MR) is 147 cm³/mol. The minimum atomic E-state index is -1.26. The third-order valence-electron chi connectivity index (χ3n) is 7.55. The van der Waals surface area contributed by atoms with Gasteiger partial charge in [0, 0.05) is 26.2 Å². The summed E-state index contributed by atoms with van der Waals surface area (Å²) in [7, 11) is 0. The van der Waals surface area contributed by atoms with Gasteiger partial charge in [-0.3, -0.25) is 4.79 Å². The average Bonchev–Trinajstić information content (AvgIpc) is 2.88. The molecule has 1 aliphatic carbocycles. The van der Waals surface area contributed by atoms with Crippen molar-refractivity contribution in [2.75, 3.05) is 26.2 Å². The highest BCUT2D eigenvalue weighted by molar-refractivity contribution is 5.85. The number of carbonyl (C=O) groups is 2. The first-order chi connectivity index (χ1) is 18.4. The van der Waals surface area contributed by atoms with Crippen molar-refractivity contribution in [2.24, 2.45) is 0 Å². The Morgan fingerprint density at radius 1 is 0.974 bits per heavy atom. The zero-order valence-electron chi connectivity index (χ0n) is 23.5. The Kier molecular flexibility index (Phi) is 8.84. The highest BCUT2D eigenvalue weighted by atomic mass is 19.1. The maximum atomic E-state index is 15.3. The van der Waals surface area contributed by atoms with Crippen molar-refractivity contribution in [3.63, 3.8) is 0 Å². The summed E-state index contributed by atoms with van der Waals surface area (Å²) in [4.78, 5) is 29.7. The summed E-state index contributed by atoms with van der Waals surface area (Å²) in [5.74, 6) is -1.60. The lowest BCUT2D eigenvalue weighted by Crippen LogP contribution is -2.55. The van der Waals surface area contributed by atoms with Gasteiger partial charge in [0.25, 0.3) is 0 Å². The van der Waals surface area contributed by atoms with Gasteiger partial charge in [-0.25, -0.2) is 9.18 Å². The van der Waals surface area contributed by atoms with Gasteiger partial charge in [0.1, 0.15) is 12.2 Å². The molecular weight excluding hydrogens is 499 g/mol. The van der Waals surface area contributed by atoms with Crippen LogP contribution in [-0.4, -0.2) is 64.3 Å². The van der Waals surface area contributed by atoms with E-state index in [0.29, 0.717) is 44.6 Å². The number of piperazine rings is 1. The van der Waals surface area contributed by atoms with Crippen LogP contribution in [0.25, 0.3) is 0 Å². The van der Waals surface area contributed by atoms with Gasteiger partial charge < -0.3 is 24.4 Å². The number of ether oxygens (including phenoxy) is 2. The van der Waals surface area contributed by atoms with E-state index in [1.165, 1.54) is 6.07 Å². The highest BCUT2D eigenvalue weighted by Crippen LogP contribution is 2.42. The topological polar surface area (TPSA) is 79.3 Å². The number of hydrogen-bond donors (Lipinski definition) is 1. The van der Waals surface area contributed by atoms with Crippen molar-refractivity contribution >= 4 is 12.0 Å². The molecule has 2 aliphatic rings. The molecule has 0 bridgehead atoms. The predicted octanol–water partition coefficient (Wildman–Crippen LogP) is 5.57. The number of halogens is 1. The minimum Gasteiger partial charge on any atom is -0.486 e. The van der Waals surface area contributed by atoms with Crippen molar-refractivity contribution < 1.29 is 28.6 Å². The Labute approximate surface area is 230 Å². The monoisotopic (exact) mass is 540 g/mol. The number of nitrogens with zero attached hydrogens (tertiary/aromatic N) is 2. The molecule has 39 heavy (non-hydrogen) atoms. The third kappa shape index (κ3) is 7.29. The summed E-state index contributed by atoms with van der Waals surface area (Å²) in [6, 6.07) is 12.4.